The first kappa shape index (κ1) is 30.3. The molecule has 9 rings (SSSR count). The van der Waals surface area contributed by atoms with E-state index in [1.807, 2.05) is 24.3 Å². The van der Waals surface area contributed by atoms with Crippen LogP contribution in [0.25, 0.3) is 89.7 Å². The van der Waals surface area contributed by atoms with Crippen LogP contribution >= 0.6 is 0 Å². The topological polar surface area (TPSA) is 238 Å². The van der Waals surface area contributed by atoms with E-state index in [-0.39, 0.29) is 56.6 Å². The molecule has 0 atom stereocenters. The summed E-state index contributed by atoms with van der Waals surface area (Å²) in [6.45, 7) is 0. The molecule has 2 aliphatic rings. The normalized spacial score (nSPS) is 11.5. The summed E-state index contributed by atoms with van der Waals surface area (Å²) in [5, 5.41) is 37.7. The Morgan fingerprint density at radius 3 is 1.26 bits per heavy atom. The zero-order valence-corrected chi connectivity index (χ0v) is 25.9. The summed E-state index contributed by atoms with van der Waals surface area (Å²) >= 11 is 0. The number of aromatic amines is 2. The zero-order valence-electron chi connectivity index (χ0n) is 24.8. The molecule has 2 aliphatic heterocycles. The molecule has 17 nitrogen and oxygen atoms in total. The molecule has 0 spiro atoms. The Morgan fingerprint density at radius 2 is 0.840 bits per heavy atom. The molecule has 18 heteroatoms. The molecule has 4 aromatic carbocycles. The molecule has 0 saturated heterocycles. The number of nitro benzene ring substituents is 3. The summed E-state index contributed by atoms with van der Waals surface area (Å²) in [5.74, 6) is 0.801. The Hall–Kier alpha value is -7.04. The zero-order chi connectivity index (χ0) is 33.6. The first-order valence-corrected chi connectivity index (χ1v) is 14.5. The van der Waals surface area contributed by atoms with Gasteiger partial charge in [-0.05, 0) is 0 Å². The van der Waals surface area contributed by atoms with Crippen LogP contribution in [0, 0.1) is 30.3 Å². The standard InChI is InChI=1S/C32H15N11O6.Fe/c44-41(45)21-13-20-22(24(43(48)49)23(21)42(46)47)32-39-30-19-12-6-5-11-18(19)28(37-30)35-26-15-8-2-1-7-14(15)25(33-26)34-27-16-9-3-4-10-17(16)29(36-27)38-31(20)40-32;/h1-13H,(H2,33,34,35,36,37,38,39,40);/q;+2. The molecule has 0 saturated carbocycles. The summed E-state index contributed by atoms with van der Waals surface area (Å²) in [6.07, 6.45) is 0. The van der Waals surface area contributed by atoms with E-state index in [9.17, 15) is 30.3 Å². The van der Waals surface area contributed by atoms with E-state index in [4.69, 9.17) is 15.0 Å². The molecule has 240 valence electrons. The second-order valence-electron chi connectivity index (χ2n) is 11.0. The molecule has 3 aromatic heterocycles. The second kappa shape index (κ2) is 11.0. The molecular formula is C32H15FeN11O6+2. The Bertz CT molecular complexity index is 2850. The van der Waals surface area contributed by atoms with Gasteiger partial charge in [0.1, 0.15) is 28.0 Å². The van der Waals surface area contributed by atoms with Gasteiger partial charge in [0.15, 0.2) is 23.3 Å². The fraction of sp³-hybridized carbons (Fsp3) is 0. The molecule has 5 heterocycles. The van der Waals surface area contributed by atoms with Crippen LogP contribution in [0.5, 0.6) is 0 Å². The van der Waals surface area contributed by atoms with Crippen LogP contribution in [-0.2, 0) is 17.1 Å². The molecular weight excluding hydrogens is 690 g/mol. The van der Waals surface area contributed by atoms with Crippen molar-refractivity contribution >= 4 is 61.2 Å². The van der Waals surface area contributed by atoms with Crippen molar-refractivity contribution in [2.75, 3.05) is 0 Å². The summed E-state index contributed by atoms with van der Waals surface area (Å²) in [7, 11) is 0. The van der Waals surface area contributed by atoms with Gasteiger partial charge < -0.3 is 9.97 Å². The number of hydrogen-bond donors (Lipinski definition) is 2. The number of rotatable bonds is 3. The first-order valence-electron chi connectivity index (χ1n) is 14.5. The van der Waals surface area contributed by atoms with Gasteiger partial charge in [-0.25, -0.2) is 29.9 Å². The van der Waals surface area contributed by atoms with E-state index >= 15 is 0 Å². The summed E-state index contributed by atoms with van der Waals surface area (Å²) in [6, 6.07) is 22.6. The van der Waals surface area contributed by atoms with E-state index in [0.29, 0.717) is 39.4 Å². The van der Waals surface area contributed by atoms with E-state index < -0.39 is 31.8 Å². The Morgan fingerprint density at radius 1 is 0.460 bits per heavy atom. The third-order valence-corrected chi connectivity index (χ3v) is 8.33. The minimum absolute atomic E-state index is 0. The quantitative estimate of drug-likeness (QED) is 0.112. The first-order chi connectivity index (χ1) is 23.8. The van der Waals surface area contributed by atoms with Crippen molar-refractivity contribution in [3.05, 3.63) is 109 Å². The van der Waals surface area contributed by atoms with Gasteiger partial charge in [0.2, 0.25) is 0 Å². The smallest absolute Gasteiger partial charge is 0.324 e. The van der Waals surface area contributed by atoms with E-state index in [2.05, 4.69) is 24.9 Å². The molecule has 50 heavy (non-hydrogen) atoms. The average molecular weight is 705 g/mol. The minimum atomic E-state index is -1.29. The number of nitrogens with one attached hydrogen (secondary N) is 2. The van der Waals surface area contributed by atoms with Gasteiger partial charge in [-0.1, -0.05) is 72.8 Å². The number of nitrogens with zero attached hydrogens (tertiary/aromatic N) is 9. The molecule has 0 fully saturated rings. The molecule has 8 bridgehead atoms. The molecule has 0 radical (unpaired) electrons. The second-order valence-corrected chi connectivity index (χ2v) is 11.0. The molecule has 2 N–H and O–H groups in total. The average Bonchev–Trinajstić information content (AvgIpc) is 3.83. The Kier molecular flexibility index (Phi) is 6.67. The van der Waals surface area contributed by atoms with Gasteiger partial charge in [-0.2, -0.15) is 0 Å². The van der Waals surface area contributed by atoms with Crippen LogP contribution in [0.2, 0.25) is 0 Å². The van der Waals surface area contributed by atoms with E-state index in [1.54, 1.807) is 48.5 Å². The van der Waals surface area contributed by atoms with Crippen molar-refractivity contribution in [3.63, 3.8) is 0 Å². The largest absolute Gasteiger partial charge is 2.00 e. The van der Waals surface area contributed by atoms with E-state index in [0.717, 1.165) is 16.8 Å². The fourth-order valence-corrected chi connectivity index (χ4v) is 6.25. The monoisotopic (exact) mass is 705 g/mol. The van der Waals surface area contributed by atoms with Crippen molar-refractivity contribution in [1.29, 1.82) is 0 Å². The maximum absolute atomic E-state index is 12.5. The van der Waals surface area contributed by atoms with Crippen LogP contribution in [0.4, 0.5) is 17.1 Å². The number of H-pyrrole nitrogens is 2. The molecule has 7 aromatic rings. The maximum atomic E-state index is 12.5. The van der Waals surface area contributed by atoms with Crippen LogP contribution in [0.1, 0.15) is 0 Å². The molecule has 0 unspecified atom stereocenters. The molecule has 0 aliphatic carbocycles. The van der Waals surface area contributed by atoms with Gasteiger partial charge in [-0.3, -0.25) is 30.3 Å². The van der Waals surface area contributed by atoms with Crippen molar-refractivity contribution in [1.82, 2.24) is 39.9 Å². The summed E-state index contributed by atoms with van der Waals surface area (Å²) in [4.78, 5) is 68.1. The minimum Gasteiger partial charge on any atom is -0.324 e. The SMILES string of the molecule is O=[N+]([O-])c1cc2c3nc4nc(nc5[nH]c(nc6nc(nc([nH]3)c2c([N+](=O)[O-])c1[N+](=O)[O-])-c1ccccc1-6)c1ccccc51)-c1ccccc1-4.[Fe+2]. The Labute approximate surface area is 287 Å². The van der Waals surface area contributed by atoms with Crippen LogP contribution < -0.4 is 0 Å². The molecule has 0 amide bonds. The maximum Gasteiger partial charge on any atom is 2.00 e. The predicted octanol–water partition coefficient (Wildman–Crippen LogP) is 6.59. The van der Waals surface area contributed by atoms with Crippen LogP contribution in [0.15, 0.2) is 78.9 Å². The number of aromatic nitrogens is 8. The van der Waals surface area contributed by atoms with Gasteiger partial charge >= 0.3 is 34.1 Å². The van der Waals surface area contributed by atoms with E-state index in [1.165, 1.54) is 0 Å². The number of fused-ring (bicyclic) bond motifs is 20. The third-order valence-electron chi connectivity index (χ3n) is 8.33. The van der Waals surface area contributed by atoms with Gasteiger partial charge in [0.25, 0.3) is 0 Å². The summed E-state index contributed by atoms with van der Waals surface area (Å²) < 4.78 is 0. The van der Waals surface area contributed by atoms with Crippen LogP contribution in [0.3, 0.4) is 0 Å². The van der Waals surface area contributed by atoms with Crippen molar-refractivity contribution in [2.24, 2.45) is 0 Å². The van der Waals surface area contributed by atoms with Crippen LogP contribution in [-0.4, -0.2) is 54.6 Å². The van der Waals surface area contributed by atoms with Crippen molar-refractivity contribution in [2.45, 2.75) is 0 Å². The number of benzene rings is 4. The number of nitro groups is 3. The van der Waals surface area contributed by atoms with Crippen molar-refractivity contribution < 1.29 is 31.8 Å². The number of hydrogen-bond acceptors (Lipinski definition) is 12. The summed E-state index contributed by atoms with van der Waals surface area (Å²) in [5.41, 5.74) is -0.572. The van der Waals surface area contributed by atoms with Gasteiger partial charge in [-0.15, -0.1) is 0 Å². The third kappa shape index (κ3) is 4.40. The van der Waals surface area contributed by atoms with Gasteiger partial charge in [0, 0.05) is 44.5 Å². The Balaban J connectivity index is 0.00000361. The fourth-order valence-electron chi connectivity index (χ4n) is 6.25. The van der Waals surface area contributed by atoms with Crippen molar-refractivity contribution in [3.8, 4) is 45.6 Å². The van der Waals surface area contributed by atoms with Gasteiger partial charge in [0.05, 0.1) is 14.8 Å². The predicted molar refractivity (Wildman–Crippen MR) is 176 cm³/mol.